The van der Waals surface area contributed by atoms with Crippen LogP contribution in [0.1, 0.15) is 30.3 Å². The maximum absolute atomic E-state index is 11.2. The number of hydrogen-bond acceptors (Lipinski definition) is 3. The summed E-state index contributed by atoms with van der Waals surface area (Å²) in [5.74, 6) is -0.306. The molecule has 0 spiro atoms. The summed E-state index contributed by atoms with van der Waals surface area (Å²) >= 11 is 0. The Kier molecular flexibility index (Phi) is 3.31. The lowest BCUT2D eigenvalue weighted by molar-refractivity contribution is 0.0944. The van der Waals surface area contributed by atoms with Crippen LogP contribution >= 0.6 is 0 Å². The predicted molar refractivity (Wildman–Crippen MR) is 46.6 cm³/mol. The lowest BCUT2D eigenvalue weighted by atomic mass is 10.3. The van der Waals surface area contributed by atoms with Crippen LogP contribution in [0.3, 0.4) is 0 Å². The highest BCUT2D eigenvalue weighted by molar-refractivity contribution is 5.91. The van der Waals surface area contributed by atoms with Crippen LogP contribution in [-0.2, 0) is 0 Å². The molecule has 0 bridgehead atoms. The van der Waals surface area contributed by atoms with E-state index in [1.165, 1.54) is 0 Å². The number of carbonyl (C=O) groups is 1. The van der Waals surface area contributed by atoms with Crippen LogP contribution in [-0.4, -0.2) is 17.6 Å². The summed E-state index contributed by atoms with van der Waals surface area (Å²) in [5.41, 5.74) is -0.373. The monoisotopic (exact) mass is 184 g/mol. The number of aromatic nitrogens is 1. The Morgan fingerprint density at radius 1 is 1.69 bits per heavy atom. The highest BCUT2D eigenvalue weighted by atomic mass is 16.5. The standard InChI is InChI=1S/C8H12N2O3/c1-2-3-4-9-8(12)6-5-7(11)13-10-6/h5,10H,2-4H2,1H3,(H,9,12). The lowest BCUT2D eigenvalue weighted by Crippen LogP contribution is -2.24. The second kappa shape index (κ2) is 4.49. The van der Waals surface area contributed by atoms with Crippen LogP contribution in [0.15, 0.2) is 15.4 Å². The van der Waals surface area contributed by atoms with Gasteiger partial charge in [0.1, 0.15) is 5.69 Å². The van der Waals surface area contributed by atoms with Gasteiger partial charge >= 0.3 is 5.63 Å². The van der Waals surface area contributed by atoms with Crippen molar-refractivity contribution in [1.29, 1.82) is 0 Å². The van der Waals surface area contributed by atoms with Crippen molar-refractivity contribution in [3.05, 3.63) is 22.2 Å². The molecular weight excluding hydrogens is 172 g/mol. The first-order valence-electron chi connectivity index (χ1n) is 4.20. The number of unbranched alkanes of at least 4 members (excludes halogenated alkanes) is 1. The summed E-state index contributed by atoms with van der Waals surface area (Å²) in [6, 6.07) is 1.13. The molecule has 13 heavy (non-hydrogen) atoms. The van der Waals surface area contributed by atoms with E-state index >= 15 is 0 Å². The first kappa shape index (κ1) is 9.57. The molecule has 0 radical (unpaired) electrons. The van der Waals surface area contributed by atoms with Crippen molar-refractivity contribution < 1.29 is 9.32 Å². The van der Waals surface area contributed by atoms with Crippen LogP contribution in [0.2, 0.25) is 0 Å². The molecule has 0 saturated heterocycles. The number of aromatic amines is 1. The number of rotatable bonds is 4. The number of nitrogens with one attached hydrogen (secondary N) is 2. The Balaban J connectivity index is 2.44. The maximum atomic E-state index is 11.2. The first-order chi connectivity index (χ1) is 6.24. The van der Waals surface area contributed by atoms with Crippen molar-refractivity contribution in [2.45, 2.75) is 19.8 Å². The van der Waals surface area contributed by atoms with E-state index in [2.05, 4.69) is 15.0 Å². The summed E-state index contributed by atoms with van der Waals surface area (Å²) in [6.45, 7) is 2.65. The van der Waals surface area contributed by atoms with E-state index < -0.39 is 5.63 Å². The molecule has 5 nitrogen and oxygen atoms in total. The minimum Gasteiger partial charge on any atom is -0.351 e. The highest BCUT2D eigenvalue weighted by Crippen LogP contribution is 1.90. The zero-order valence-electron chi connectivity index (χ0n) is 7.42. The molecule has 0 saturated carbocycles. The SMILES string of the molecule is CCCCNC(=O)c1cc(=O)o[nH]1. The summed E-state index contributed by atoms with van der Waals surface area (Å²) in [5, 5.41) is 4.88. The molecule has 1 heterocycles. The van der Waals surface area contributed by atoms with E-state index in [0.29, 0.717) is 6.54 Å². The number of H-pyrrole nitrogens is 1. The fourth-order valence-corrected chi connectivity index (χ4v) is 0.868. The molecular formula is C8H12N2O3. The van der Waals surface area contributed by atoms with Crippen molar-refractivity contribution in [3.63, 3.8) is 0 Å². The Hall–Kier alpha value is -1.52. The highest BCUT2D eigenvalue weighted by Gasteiger charge is 2.07. The van der Waals surface area contributed by atoms with E-state index in [4.69, 9.17) is 0 Å². The topological polar surface area (TPSA) is 75.1 Å². The lowest BCUT2D eigenvalue weighted by Gasteiger charge is -1.99. The van der Waals surface area contributed by atoms with Gasteiger partial charge in [-0.05, 0) is 6.42 Å². The van der Waals surface area contributed by atoms with E-state index in [0.717, 1.165) is 18.9 Å². The van der Waals surface area contributed by atoms with Crippen molar-refractivity contribution in [3.8, 4) is 0 Å². The molecule has 0 fully saturated rings. The zero-order chi connectivity index (χ0) is 9.68. The molecule has 0 aromatic carbocycles. The summed E-state index contributed by atoms with van der Waals surface area (Å²) in [6.07, 6.45) is 1.94. The molecule has 1 aromatic heterocycles. The molecule has 0 atom stereocenters. The van der Waals surface area contributed by atoms with Gasteiger partial charge in [-0.1, -0.05) is 13.3 Å². The Labute approximate surface area is 75.1 Å². The van der Waals surface area contributed by atoms with Crippen LogP contribution in [0.4, 0.5) is 0 Å². The Bertz CT molecular complexity index is 326. The van der Waals surface area contributed by atoms with Gasteiger partial charge in [-0.2, -0.15) is 0 Å². The third kappa shape index (κ3) is 2.77. The van der Waals surface area contributed by atoms with Gasteiger partial charge in [0.25, 0.3) is 5.91 Å². The number of amides is 1. The van der Waals surface area contributed by atoms with E-state index in [1.54, 1.807) is 0 Å². The van der Waals surface area contributed by atoms with Crippen molar-refractivity contribution in [2.75, 3.05) is 6.54 Å². The zero-order valence-corrected chi connectivity index (χ0v) is 7.42. The fraction of sp³-hybridized carbons (Fsp3) is 0.500. The van der Waals surface area contributed by atoms with Gasteiger partial charge in [-0.15, -0.1) is 0 Å². The molecule has 5 heteroatoms. The van der Waals surface area contributed by atoms with Gasteiger partial charge in [-0.25, -0.2) is 9.95 Å². The average Bonchev–Trinajstić information content (AvgIpc) is 2.52. The van der Waals surface area contributed by atoms with Crippen LogP contribution in [0.5, 0.6) is 0 Å². The van der Waals surface area contributed by atoms with Crippen LogP contribution < -0.4 is 10.9 Å². The van der Waals surface area contributed by atoms with Gasteiger partial charge in [0, 0.05) is 6.54 Å². The van der Waals surface area contributed by atoms with Crippen LogP contribution in [0, 0.1) is 0 Å². The van der Waals surface area contributed by atoms with Gasteiger partial charge in [-0.3, -0.25) is 4.79 Å². The van der Waals surface area contributed by atoms with Gasteiger partial charge in [0.05, 0.1) is 6.07 Å². The molecule has 1 aromatic rings. The number of hydrogen-bond donors (Lipinski definition) is 2. The normalized spacial score (nSPS) is 9.92. The molecule has 0 aliphatic rings. The molecule has 0 aliphatic heterocycles. The smallest absolute Gasteiger partial charge is 0.351 e. The van der Waals surface area contributed by atoms with Gasteiger partial charge in [0.15, 0.2) is 0 Å². The minimum atomic E-state index is -0.541. The van der Waals surface area contributed by atoms with E-state index in [1.807, 2.05) is 6.92 Å². The van der Waals surface area contributed by atoms with Crippen molar-refractivity contribution >= 4 is 5.91 Å². The summed E-state index contributed by atoms with van der Waals surface area (Å²) in [4.78, 5) is 21.7. The predicted octanol–water partition coefficient (Wildman–Crippen LogP) is 0.498. The molecule has 1 rings (SSSR count). The minimum absolute atomic E-state index is 0.168. The average molecular weight is 184 g/mol. The summed E-state index contributed by atoms with van der Waals surface area (Å²) in [7, 11) is 0. The quantitative estimate of drug-likeness (QED) is 0.669. The largest absolute Gasteiger partial charge is 0.358 e. The molecule has 0 aliphatic carbocycles. The molecule has 0 unspecified atom stereocenters. The molecule has 2 N–H and O–H groups in total. The third-order valence-electron chi connectivity index (χ3n) is 1.58. The van der Waals surface area contributed by atoms with Crippen molar-refractivity contribution in [1.82, 2.24) is 10.5 Å². The maximum Gasteiger partial charge on any atom is 0.358 e. The summed E-state index contributed by atoms with van der Waals surface area (Å²) < 4.78 is 4.35. The molecule has 72 valence electrons. The fourth-order valence-electron chi connectivity index (χ4n) is 0.868. The Morgan fingerprint density at radius 3 is 3.00 bits per heavy atom. The van der Waals surface area contributed by atoms with Crippen molar-refractivity contribution in [2.24, 2.45) is 0 Å². The van der Waals surface area contributed by atoms with E-state index in [9.17, 15) is 9.59 Å². The van der Waals surface area contributed by atoms with Gasteiger partial charge < -0.3 is 9.84 Å². The van der Waals surface area contributed by atoms with Crippen LogP contribution in [0.25, 0.3) is 0 Å². The second-order valence-electron chi connectivity index (χ2n) is 2.69. The third-order valence-corrected chi connectivity index (χ3v) is 1.58. The Morgan fingerprint density at radius 2 is 2.46 bits per heavy atom. The second-order valence-corrected chi connectivity index (χ2v) is 2.69. The number of carbonyl (C=O) groups excluding carboxylic acids is 1. The first-order valence-corrected chi connectivity index (χ1v) is 4.20. The molecule has 1 amide bonds. The van der Waals surface area contributed by atoms with E-state index in [-0.39, 0.29) is 11.6 Å². The van der Waals surface area contributed by atoms with Gasteiger partial charge in [0.2, 0.25) is 0 Å².